The van der Waals surface area contributed by atoms with Gasteiger partial charge in [0.2, 0.25) is 0 Å². The number of aromatic amines is 1. The Kier molecular flexibility index (Phi) is 2.37. The molecule has 0 amide bonds. The average Bonchev–Trinajstić information content (AvgIpc) is 2.33. The normalized spacial score (nSPS) is 10.0. The number of nitrogens with one attached hydrogen (secondary N) is 1. The fourth-order valence-electron chi connectivity index (χ4n) is 0.580. The first-order valence-electron chi connectivity index (χ1n) is 2.51. The van der Waals surface area contributed by atoms with Crippen LogP contribution in [0.2, 0.25) is 0 Å². The lowest BCUT2D eigenvalue weighted by Gasteiger charge is -1.89. The molecule has 0 aliphatic rings. The molecule has 0 bridgehead atoms. The van der Waals surface area contributed by atoms with Crippen LogP contribution in [0.25, 0.3) is 0 Å². The average molecular weight is 165 g/mol. The molecule has 0 unspecified atom stereocenters. The van der Waals surface area contributed by atoms with E-state index in [9.17, 15) is 0 Å². The summed E-state index contributed by atoms with van der Waals surface area (Å²) in [7, 11) is 0. The Balaban J connectivity index is 2.85. The van der Waals surface area contributed by atoms with Crippen LogP contribution in [0, 0.1) is 0 Å². The molecule has 0 radical (unpaired) electrons. The predicted molar refractivity (Wildman–Crippen MR) is 37.7 cm³/mol. The third kappa shape index (κ3) is 1.37. The highest BCUT2D eigenvalue weighted by Gasteiger charge is 2.00. The van der Waals surface area contributed by atoms with Crippen molar-refractivity contribution in [3.05, 3.63) is 17.7 Å². The molecule has 1 N–H and O–H groups in total. The summed E-state index contributed by atoms with van der Waals surface area (Å²) in [4.78, 5) is 6.81. The molecule has 50 valence electrons. The quantitative estimate of drug-likeness (QED) is 0.666. The molecule has 4 heteroatoms. The number of halogens is 2. The number of nitrogens with zero attached hydrogens (tertiary/aromatic N) is 1. The van der Waals surface area contributed by atoms with Gasteiger partial charge in [-0.05, 0) is 0 Å². The van der Waals surface area contributed by atoms with E-state index < -0.39 is 0 Å². The summed E-state index contributed by atoms with van der Waals surface area (Å²) in [6.45, 7) is 0. The van der Waals surface area contributed by atoms with Crippen molar-refractivity contribution < 1.29 is 0 Å². The van der Waals surface area contributed by atoms with Crippen molar-refractivity contribution in [1.82, 2.24) is 9.97 Å². The number of hydrogen-bond donors (Lipinski definition) is 1. The van der Waals surface area contributed by atoms with Gasteiger partial charge in [0.05, 0.1) is 29.5 Å². The largest absolute Gasteiger partial charge is 0.347 e. The van der Waals surface area contributed by atoms with Gasteiger partial charge in [-0.2, -0.15) is 0 Å². The van der Waals surface area contributed by atoms with Crippen LogP contribution in [0.3, 0.4) is 0 Å². The molecule has 0 saturated heterocycles. The van der Waals surface area contributed by atoms with Gasteiger partial charge in [-0.25, -0.2) is 4.98 Å². The SMILES string of the molecule is ClCc1nc[nH]c1CCl. The lowest BCUT2D eigenvalue weighted by Crippen LogP contribution is -1.84. The molecule has 0 fully saturated rings. The molecule has 2 nitrogen and oxygen atoms in total. The number of hydrogen-bond acceptors (Lipinski definition) is 1. The van der Waals surface area contributed by atoms with Crippen molar-refractivity contribution in [2.45, 2.75) is 11.8 Å². The molecule has 0 aliphatic carbocycles. The second-order valence-corrected chi connectivity index (χ2v) is 2.13. The van der Waals surface area contributed by atoms with E-state index >= 15 is 0 Å². The van der Waals surface area contributed by atoms with Gasteiger partial charge in [0.15, 0.2) is 0 Å². The third-order valence-electron chi connectivity index (χ3n) is 1.07. The molecule has 1 aromatic rings. The molecule has 0 spiro atoms. The van der Waals surface area contributed by atoms with E-state index in [1.54, 1.807) is 6.33 Å². The summed E-state index contributed by atoms with van der Waals surface area (Å²) >= 11 is 11.0. The first-order chi connectivity index (χ1) is 4.38. The number of rotatable bonds is 2. The van der Waals surface area contributed by atoms with Crippen LogP contribution >= 0.6 is 23.2 Å². The van der Waals surface area contributed by atoms with E-state index in [1.165, 1.54) is 0 Å². The Hall–Kier alpha value is -0.210. The standard InChI is InChI=1S/C5H6Cl2N2/c6-1-4-5(2-7)9-3-8-4/h3H,1-2H2,(H,8,9). The maximum atomic E-state index is 5.52. The van der Waals surface area contributed by atoms with Crippen LogP contribution in [-0.4, -0.2) is 9.97 Å². The fraction of sp³-hybridized carbons (Fsp3) is 0.400. The van der Waals surface area contributed by atoms with Gasteiger partial charge >= 0.3 is 0 Å². The van der Waals surface area contributed by atoms with E-state index in [0.717, 1.165) is 11.4 Å². The second-order valence-electron chi connectivity index (χ2n) is 1.60. The number of H-pyrrole nitrogens is 1. The van der Waals surface area contributed by atoms with Crippen LogP contribution in [0.5, 0.6) is 0 Å². The summed E-state index contributed by atoms with van der Waals surface area (Å²) in [5, 5.41) is 0. The molecule has 9 heavy (non-hydrogen) atoms. The number of aromatic nitrogens is 2. The highest BCUT2D eigenvalue weighted by molar-refractivity contribution is 6.18. The molecule has 0 saturated carbocycles. The van der Waals surface area contributed by atoms with Crippen LogP contribution < -0.4 is 0 Å². The minimum atomic E-state index is 0.422. The van der Waals surface area contributed by atoms with Gasteiger partial charge < -0.3 is 4.98 Å². The first kappa shape index (κ1) is 6.90. The molecular weight excluding hydrogens is 159 g/mol. The Morgan fingerprint density at radius 2 is 2.22 bits per heavy atom. The van der Waals surface area contributed by atoms with Crippen molar-refractivity contribution in [2.75, 3.05) is 0 Å². The molecule has 0 atom stereocenters. The number of imidazole rings is 1. The van der Waals surface area contributed by atoms with Crippen molar-refractivity contribution in [1.29, 1.82) is 0 Å². The zero-order valence-electron chi connectivity index (χ0n) is 4.69. The first-order valence-corrected chi connectivity index (χ1v) is 3.58. The van der Waals surface area contributed by atoms with Gasteiger partial charge in [0.25, 0.3) is 0 Å². The minimum absolute atomic E-state index is 0.422. The van der Waals surface area contributed by atoms with E-state index in [-0.39, 0.29) is 0 Å². The van der Waals surface area contributed by atoms with Crippen molar-refractivity contribution in [2.24, 2.45) is 0 Å². The Morgan fingerprint density at radius 1 is 1.44 bits per heavy atom. The van der Waals surface area contributed by atoms with E-state index in [2.05, 4.69) is 9.97 Å². The maximum absolute atomic E-state index is 5.52. The topological polar surface area (TPSA) is 28.7 Å². The van der Waals surface area contributed by atoms with Crippen LogP contribution in [0.4, 0.5) is 0 Å². The van der Waals surface area contributed by atoms with E-state index in [4.69, 9.17) is 23.2 Å². The minimum Gasteiger partial charge on any atom is -0.347 e. The highest BCUT2D eigenvalue weighted by Crippen LogP contribution is 2.07. The molecule has 0 aromatic carbocycles. The highest BCUT2D eigenvalue weighted by atomic mass is 35.5. The summed E-state index contributed by atoms with van der Waals surface area (Å²) < 4.78 is 0. The van der Waals surface area contributed by atoms with Crippen molar-refractivity contribution in [3.63, 3.8) is 0 Å². The zero-order chi connectivity index (χ0) is 6.69. The molecular formula is C5H6Cl2N2. The Labute approximate surface area is 63.2 Å². The zero-order valence-corrected chi connectivity index (χ0v) is 6.21. The van der Waals surface area contributed by atoms with Gasteiger partial charge in [-0.1, -0.05) is 0 Å². The lowest BCUT2D eigenvalue weighted by molar-refractivity contribution is 1.16. The lowest BCUT2D eigenvalue weighted by atomic mass is 10.4. The van der Waals surface area contributed by atoms with Crippen molar-refractivity contribution in [3.8, 4) is 0 Å². The monoisotopic (exact) mass is 164 g/mol. The maximum Gasteiger partial charge on any atom is 0.0926 e. The predicted octanol–water partition coefficient (Wildman–Crippen LogP) is 1.89. The van der Waals surface area contributed by atoms with Crippen LogP contribution in [0.15, 0.2) is 6.33 Å². The molecule has 0 aliphatic heterocycles. The van der Waals surface area contributed by atoms with Crippen LogP contribution in [0.1, 0.15) is 11.4 Å². The van der Waals surface area contributed by atoms with Gasteiger partial charge in [0, 0.05) is 0 Å². The second kappa shape index (κ2) is 3.08. The third-order valence-corrected chi connectivity index (χ3v) is 1.59. The summed E-state index contributed by atoms with van der Waals surface area (Å²) in [6, 6.07) is 0. The summed E-state index contributed by atoms with van der Waals surface area (Å²) in [5.74, 6) is 0.869. The summed E-state index contributed by atoms with van der Waals surface area (Å²) in [5.41, 5.74) is 1.75. The van der Waals surface area contributed by atoms with E-state index in [1.807, 2.05) is 0 Å². The fourth-order valence-corrected chi connectivity index (χ4v) is 1.04. The molecule has 1 heterocycles. The van der Waals surface area contributed by atoms with Gasteiger partial charge in [0.1, 0.15) is 0 Å². The Bertz CT molecular complexity index is 166. The molecule has 1 aromatic heterocycles. The Morgan fingerprint density at radius 3 is 2.67 bits per heavy atom. The van der Waals surface area contributed by atoms with Crippen LogP contribution in [-0.2, 0) is 11.8 Å². The van der Waals surface area contributed by atoms with Gasteiger partial charge in [-0.15, -0.1) is 23.2 Å². The summed E-state index contributed by atoms with van der Waals surface area (Å²) in [6.07, 6.45) is 1.59. The van der Waals surface area contributed by atoms with Crippen molar-refractivity contribution >= 4 is 23.2 Å². The van der Waals surface area contributed by atoms with Gasteiger partial charge in [-0.3, -0.25) is 0 Å². The number of alkyl halides is 2. The van der Waals surface area contributed by atoms with E-state index in [0.29, 0.717) is 11.8 Å². The molecule has 1 rings (SSSR count). The smallest absolute Gasteiger partial charge is 0.0926 e.